The molecule has 0 spiro atoms. The number of ether oxygens (including phenoxy) is 1. The molecule has 0 aromatic heterocycles. The number of amidine groups is 1. The number of aryl methyl sites for hydroxylation is 1. The third-order valence-corrected chi connectivity index (χ3v) is 5.96. The van der Waals surface area contributed by atoms with Crippen molar-refractivity contribution in [1.29, 1.82) is 0 Å². The highest BCUT2D eigenvalue weighted by Gasteiger charge is 2.35. The number of hydrogen-bond donors (Lipinski definition) is 1. The van der Waals surface area contributed by atoms with E-state index in [1.807, 2.05) is 49.4 Å². The number of amides is 2. The summed E-state index contributed by atoms with van der Waals surface area (Å²) in [6.07, 6.45) is 1.89. The molecule has 30 heavy (non-hydrogen) atoms. The molecule has 2 aromatic rings. The number of carbonyl (C=O) groups excluding carboxylic acids is 2. The fourth-order valence-electron chi connectivity index (χ4n) is 3.20. The Labute approximate surface area is 181 Å². The molecular formula is C23H27N3O3S. The van der Waals surface area contributed by atoms with E-state index in [0.717, 1.165) is 24.3 Å². The van der Waals surface area contributed by atoms with Gasteiger partial charge in [-0.2, -0.15) is 0 Å². The van der Waals surface area contributed by atoms with Gasteiger partial charge < -0.3 is 10.1 Å². The Morgan fingerprint density at radius 3 is 2.60 bits per heavy atom. The summed E-state index contributed by atoms with van der Waals surface area (Å²) in [6, 6.07) is 17.5. The molecule has 7 heteroatoms. The predicted molar refractivity (Wildman–Crippen MR) is 121 cm³/mol. The zero-order valence-electron chi connectivity index (χ0n) is 17.3. The lowest BCUT2D eigenvalue weighted by atomic mass is 10.1. The summed E-state index contributed by atoms with van der Waals surface area (Å²) in [4.78, 5) is 31.7. The highest BCUT2D eigenvalue weighted by molar-refractivity contribution is 8.15. The molecule has 2 amide bonds. The van der Waals surface area contributed by atoms with Crippen LogP contribution >= 0.6 is 11.8 Å². The average Bonchev–Trinajstić information content (AvgIpc) is 2.76. The maximum atomic E-state index is 12.9. The van der Waals surface area contributed by atoms with Crippen LogP contribution in [0, 0.1) is 0 Å². The highest BCUT2D eigenvalue weighted by Crippen LogP contribution is 2.30. The van der Waals surface area contributed by atoms with E-state index < -0.39 is 5.25 Å². The van der Waals surface area contributed by atoms with Crippen LogP contribution in [-0.2, 0) is 16.0 Å². The van der Waals surface area contributed by atoms with Gasteiger partial charge in [0.2, 0.25) is 11.8 Å². The predicted octanol–water partition coefficient (Wildman–Crippen LogP) is 3.79. The van der Waals surface area contributed by atoms with Crippen molar-refractivity contribution in [2.24, 2.45) is 4.99 Å². The first-order chi connectivity index (χ1) is 14.6. The van der Waals surface area contributed by atoms with Gasteiger partial charge in [0.05, 0.1) is 18.0 Å². The molecule has 6 nitrogen and oxygen atoms in total. The van der Waals surface area contributed by atoms with Crippen LogP contribution in [0.25, 0.3) is 0 Å². The van der Waals surface area contributed by atoms with Crippen molar-refractivity contribution in [1.82, 2.24) is 10.2 Å². The number of thioether (sulfide) groups is 1. The second-order valence-electron chi connectivity index (χ2n) is 6.93. The first kappa shape index (κ1) is 21.9. The second kappa shape index (κ2) is 10.8. The molecule has 1 N–H and O–H groups in total. The number of rotatable bonds is 8. The summed E-state index contributed by atoms with van der Waals surface area (Å²) in [7, 11) is 1.61. The number of carbonyl (C=O) groups is 2. The number of methoxy groups -OCH3 is 1. The minimum Gasteiger partial charge on any atom is -0.497 e. The maximum Gasteiger partial charge on any atom is 0.234 e. The third kappa shape index (κ3) is 5.86. The molecular weight excluding hydrogens is 398 g/mol. The van der Waals surface area contributed by atoms with Gasteiger partial charge in [-0.3, -0.25) is 14.5 Å². The molecule has 1 aliphatic heterocycles. The van der Waals surface area contributed by atoms with E-state index in [1.165, 1.54) is 17.3 Å². The van der Waals surface area contributed by atoms with Gasteiger partial charge in [-0.1, -0.05) is 42.1 Å². The molecule has 1 fully saturated rings. The molecule has 2 aromatic carbocycles. The van der Waals surface area contributed by atoms with Crippen LogP contribution in [0.4, 0.5) is 5.69 Å². The third-order valence-electron chi connectivity index (χ3n) is 4.77. The number of benzene rings is 2. The van der Waals surface area contributed by atoms with Crippen LogP contribution < -0.4 is 10.1 Å². The monoisotopic (exact) mass is 425 g/mol. The van der Waals surface area contributed by atoms with Gasteiger partial charge in [0.25, 0.3) is 0 Å². The Morgan fingerprint density at radius 1 is 1.20 bits per heavy atom. The SMILES string of the molecule is CCNC(=O)C1CC(=O)N(CCCc2ccccc2)C(=Nc2ccc(OC)cc2)S1. The largest absolute Gasteiger partial charge is 0.497 e. The van der Waals surface area contributed by atoms with Gasteiger partial charge >= 0.3 is 0 Å². The van der Waals surface area contributed by atoms with Crippen molar-refractivity contribution in [3.63, 3.8) is 0 Å². The van der Waals surface area contributed by atoms with Crippen LogP contribution in [-0.4, -0.2) is 47.3 Å². The van der Waals surface area contributed by atoms with Gasteiger partial charge in [0.1, 0.15) is 5.75 Å². The molecule has 1 unspecified atom stereocenters. The van der Waals surface area contributed by atoms with Crippen molar-refractivity contribution in [2.45, 2.75) is 31.4 Å². The Morgan fingerprint density at radius 2 is 1.93 bits per heavy atom. The standard InChI is InChI=1S/C23H27N3O3S/c1-3-24-22(28)20-16-21(27)26(15-7-10-17-8-5-4-6-9-17)23(30-20)25-18-11-13-19(29-2)14-12-18/h4-6,8-9,11-14,20H,3,7,10,15-16H2,1-2H3,(H,24,28). The maximum absolute atomic E-state index is 12.9. The van der Waals surface area contributed by atoms with E-state index in [0.29, 0.717) is 18.3 Å². The van der Waals surface area contributed by atoms with Gasteiger partial charge in [0, 0.05) is 19.5 Å². The van der Waals surface area contributed by atoms with Gasteiger partial charge in [-0.05, 0) is 49.6 Å². The van der Waals surface area contributed by atoms with Crippen LogP contribution in [0.2, 0.25) is 0 Å². The average molecular weight is 426 g/mol. The van der Waals surface area contributed by atoms with E-state index in [1.54, 1.807) is 12.0 Å². The van der Waals surface area contributed by atoms with E-state index in [9.17, 15) is 9.59 Å². The van der Waals surface area contributed by atoms with E-state index >= 15 is 0 Å². The lowest BCUT2D eigenvalue weighted by Crippen LogP contribution is -2.47. The number of hydrogen-bond acceptors (Lipinski definition) is 5. The molecule has 0 radical (unpaired) electrons. The highest BCUT2D eigenvalue weighted by atomic mass is 32.2. The van der Waals surface area contributed by atoms with Gasteiger partial charge in [-0.25, -0.2) is 4.99 Å². The molecule has 3 rings (SSSR count). The van der Waals surface area contributed by atoms with Crippen molar-refractivity contribution >= 4 is 34.4 Å². The molecule has 0 bridgehead atoms. The molecule has 158 valence electrons. The first-order valence-electron chi connectivity index (χ1n) is 10.1. The number of aliphatic imine (C=N–C) groups is 1. The lowest BCUT2D eigenvalue weighted by molar-refractivity contribution is -0.130. The molecule has 1 atom stereocenters. The summed E-state index contributed by atoms with van der Waals surface area (Å²) >= 11 is 1.35. The summed E-state index contributed by atoms with van der Waals surface area (Å²) < 4.78 is 5.20. The van der Waals surface area contributed by atoms with Gasteiger partial charge in [0.15, 0.2) is 5.17 Å². The minimum atomic E-state index is -0.458. The van der Waals surface area contributed by atoms with Crippen LogP contribution in [0.1, 0.15) is 25.3 Å². The fourth-order valence-corrected chi connectivity index (χ4v) is 4.35. The van der Waals surface area contributed by atoms with Crippen molar-refractivity contribution in [3.05, 3.63) is 60.2 Å². The smallest absolute Gasteiger partial charge is 0.234 e. The van der Waals surface area contributed by atoms with Crippen molar-refractivity contribution in [3.8, 4) is 5.75 Å². The van der Waals surface area contributed by atoms with Crippen LogP contribution in [0.3, 0.4) is 0 Å². The zero-order chi connectivity index (χ0) is 21.3. The number of nitrogens with zero attached hydrogens (tertiary/aromatic N) is 2. The zero-order valence-corrected chi connectivity index (χ0v) is 18.2. The fraction of sp³-hybridized carbons (Fsp3) is 0.348. The summed E-state index contributed by atoms with van der Waals surface area (Å²) in [5.74, 6) is 0.554. The van der Waals surface area contributed by atoms with E-state index in [-0.39, 0.29) is 18.2 Å². The Bertz CT molecular complexity index is 884. The van der Waals surface area contributed by atoms with Gasteiger partial charge in [-0.15, -0.1) is 0 Å². The molecule has 1 aliphatic rings. The van der Waals surface area contributed by atoms with E-state index in [2.05, 4.69) is 17.4 Å². The Kier molecular flexibility index (Phi) is 7.90. The second-order valence-corrected chi connectivity index (χ2v) is 8.10. The summed E-state index contributed by atoms with van der Waals surface area (Å²) in [5, 5.41) is 2.92. The van der Waals surface area contributed by atoms with Crippen LogP contribution in [0.15, 0.2) is 59.6 Å². The molecule has 0 aliphatic carbocycles. The quantitative estimate of drug-likeness (QED) is 0.699. The Hall–Kier alpha value is -2.80. The molecule has 1 saturated heterocycles. The number of nitrogens with one attached hydrogen (secondary N) is 1. The summed E-state index contributed by atoms with van der Waals surface area (Å²) in [6.45, 7) is 2.98. The molecule has 1 heterocycles. The Balaban J connectivity index is 1.77. The normalized spacial score (nSPS) is 17.8. The van der Waals surface area contributed by atoms with Crippen molar-refractivity contribution < 1.29 is 14.3 Å². The summed E-state index contributed by atoms with van der Waals surface area (Å²) in [5.41, 5.74) is 1.96. The minimum absolute atomic E-state index is 0.0645. The van der Waals surface area contributed by atoms with E-state index in [4.69, 9.17) is 9.73 Å². The topological polar surface area (TPSA) is 71.0 Å². The molecule has 0 saturated carbocycles. The first-order valence-corrected chi connectivity index (χ1v) is 11.0. The van der Waals surface area contributed by atoms with Crippen molar-refractivity contribution in [2.75, 3.05) is 20.2 Å². The lowest BCUT2D eigenvalue weighted by Gasteiger charge is -2.31. The van der Waals surface area contributed by atoms with Crippen LogP contribution in [0.5, 0.6) is 5.75 Å².